The molecule has 3 nitrogen and oxygen atoms in total. The molecule has 14 heavy (non-hydrogen) atoms. The molecular weight excluding hydrogens is 178 g/mol. The van der Waals surface area contributed by atoms with Crippen molar-refractivity contribution in [2.75, 3.05) is 19.8 Å². The Morgan fingerprint density at radius 1 is 1.36 bits per heavy atom. The van der Waals surface area contributed by atoms with Crippen LogP contribution in [0.1, 0.15) is 33.6 Å². The van der Waals surface area contributed by atoms with Crippen molar-refractivity contribution in [1.29, 1.82) is 0 Å². The van der Waals surface area contributed by atoms with E-state index in [-0.39, 0.29) is 11.6 Å². The van der Waals surface area contributed by atoms with E-state index in [4.69, 9.17) is 15.2 Å². The van der Waals surface area contributed by atoms with Gasteiger partial charge in [-0.3, -0.25) is 0 Å². The second-order valence-electron chi connectivity index (χ2n) is 5.04. The average molecular weight is 201 g/mol. The number of ether oxygens (including phenoxy) is 2. The maximum Gasteiger partial charge on any atom is 0.0627 e. The van der Waals surface area contributed by atoms with E-state index < -0.39 is 0 Å². The molecule has 1 rings (SSSR count). The Bertz CT molecular complexity index is 159. The fraction of sp³-hybridized carbons (Fsp3) is 1.00. The summed E-state index contributed by atoms with van der Waals surface area (Å²) in [6.07, 6.45) is 2.16. The minimum absolute atomic E-state index is 0.0806. The van der Waals surface area contributed by atoms with Crippen LogP contribution in [0.25, 0.3) is 0 Å². The molecule has 1 unspecified atom stereocenters. The highest BCUT2D eigenvalue weighted by Gasteiger charge is 2.22. The van der Waals surface area contributed by atoms with Crippen molar-refractivity contribution >= 4 is 0 Å². The number of rotatable bonds is 3. The van der Waals surface area contributed by atoms with Gasteiger partial charge in [-0.1, -0.05) is 0 Å². The average Bonchev–Trinajstić information content (AvgIpc) is 2.14. The van der Waals surface area contributed by atoms with Crippen molar-refractivity contribution in [2.45, 2.75) is 45.3 Å². The van der Waals surface area contributed by atoms with Gasteiger partial charge in [0.2, 0.25) is 0 Å². The van der Waals surface area contributed by atoms with E-state index in [0.29, 0.717) is 12.5 Å². The van der Waals surface area contributed by atoms with Crippen molar-refractivity contribution in [3.63, 3.8) is 0 Å². The lowest BCUT2D eigenvalue weighted by Gasteiger charge is -2.30. The van der Waals surface area contributed by atoms with E-state index >= 15 is 0 Å². The zero-order valence-corrected chi connectivity index (χ0v) is 9.58. The molecule has 1 aliphatic rings. The van der Waals surface area contributed by atoms with E-state index in [1.54, 1.807) is 0 Å². The van der Waals surface area contributed by atoms with Crippen LogP contribution in [-0.4, -0.2) is 31.5 Å². The summed E-state index contributed by atoms with van der Waals surface area (Å²) in [4.78, 5) is 0. The van der Waals surface area contributed by atoms with E-state index in [0.717, 1.165) is 26.1 Å². The summed E-state index contributed by atoms with van der Waals surface area (Å²) in [6.45, 7) is 8.55. The number of nitrogens with two attached hydrogens (primary N) is 1. The van der Waals surface area contributed by atoms with Gasteiger partial charge >= 0.3 is 0 Å². The molecule has 0 aromatic rings. The third-order valence-corrected chi connectivity index (χ3v) is 2.58. The van der Waals surface area contributed by atoms with Crippen LogP contribution in [0.4, 0.5) is 0 Å². The van der Waals surface area contributed by atoms with E-state index in [2.05, 4.69) is 20.8 Å². The predicted octanol–water partition coefficient (Wildman–Crippen LogP) is 1.56. The topological polar surface area (TPSA) is 44.5 Å². The SMILES string of the molecule is CC(C)(C)OCC(N)C1CCOCC1. The molecule has 3 heteroatoms. The Labute approximate surface area is 86.9 Å². The van der Waals surface area contributed by atoms with Crippen molar-refractivity contribution in [1.82, 2.24) is 0 Å². The molecule has 1 heterocycles. The molecule has 1 aliphatic heterocycles. The molecule has 0 aromatic carbocycles. The summed E-state index contributed by atoms with van der Waals surface area (Å²) in [5, 5.41) is 0. The van der Waals surface area contributed by atoms with Gasteiger partial charge in [-0.05, 0) is 39.5 Å². The van der Waals surface area contributed by atoms with Gasteiger partial charge in [-0.2, -0.15) is 0 Å². The van der Waals surface area contributed by atoms with Gasteiger partial charge in [0.1, 0.15) is 0 Å². The maximum atomic E-state index is 6.08. The number of hydrogen-bond acceptors (Lipinski definition) is 3. The van der Waals surface area contributed by atoms with Crippen LogP contribution in [0.15, 0.2) is 0 Å². The third kappa shape index (κ3) is 4.40. The fourth-order valence-electron chi connectivity index (χ4n) is 1.63. The molecule has 1 fully saturated rings. The lowest BCUT2D eigenvalue weighted by atomic mass is 9.93. The molecule has 1 atom stereocenters. The molecule has 0 aromatic heterocycles. The zero-order chi connectivity index (χ0) is 10.6. The van der Waals surface area contributed by atoms with Crippen LogP contribution in [0.5, 0.6) is 0 Å². The van der Waals surface area contributed by atoms with Gasteiger partial charge in [0, 0.05) is 19.3 Å². The molecule has 0 bridgehead atoms. The summed E-state index contributed by atoms with van der Waals surface area (Å²) in [5.74, 6) is 0.575. The van der Waals surface area contributed by atoms with E-state index in [1.165, 1.54) is 0 Å². The van der Waals surface area contributed by atoms with Crippen molar-refractivity contribution in [3.05, 3.63) is 0 Å². The Kier molecular flexibility index (Phi) is 4.35. The smallest absolute Gasteiger partial charge is 0.0627 e. The highest BCUT2D eigenvalue weighted by atomic mass is 16.5. The Morgan fingerprint density at radius 2 is 1.93 bits per heavy atom. The Hall–Kier alpha value is -0.120. The zero-order valence-electron chi connectivity index (χ0n) is 9.58. The first-order valence-corrected chi connectivity index (χ1v) is 5.46. The summed E-state index contributed by atoms with van der Waals surface area (Å²) in [5.41, 5.74) is 5.99. The lowest BCUT2D eigenvalue weighted by molar-refractivity contribution is -0.0272. The van der Waals surface area contributed by atoms with Gasteiger partial charge < -0.3 is 15.2 Å². The highest BCUT2D eigenvalue weighted by molar-refractivity contribution is 4.76. The third-order valence-electron chi connectivity index (χ3n) is 2.58. The molecular formula is C11H23NO2. The van der Waals surface area contributed by atoms with Crippen LogP contribution in [0, 0.1) is 5.92 Å². The molecule has 0 saturated carbocycles. The molecule has 84 valence electrons. The molecule has 2 N–H and O–H groups in total. The van der Waals surface area contributed by atoms with Crippen LogP contribution in [0.3, 0.4) is 0 Å². The van der Waals surface area contributed by atoms with Crippen molar-refractivity contribution < 1.29 is 9.47 Å². The van der Waals surface area contributed by atoms with Gasteiger partial charge in [-0.25, -0.2) is 0 Å². The second-order valence-corrected chi connectivity index (χ2v) is 5.04. The van der Waals surface area contributed by atoms with Crippen molar-refractivity contribution in [3.8, 4) is 0 Å². The van der Waals surface area contributed by atoms with Gasteiger partial charge in [0.05, 0.1) is 12.2 Å². The summed E-state index contributed by atoms with van der Waals surface area (Å²) >= 11 is 0. The predicted molar refractivity (Wildman–Crippen MR) is 57.2 cm³/mol. The molecule has 0 spiro atoms. The largest absolute Gasteiger partial charge is 0.381 e. The van der Waals surface area contributed by atoms with Crippen LogP contribution in [0.2, 0.25) is 0 Å². The molecule has 1 saturated heterocycles. The summed E-state index contributed by atoms with van der Waals surface area (Å²) in [6, 6.07) is 0.165. The summed E-state index contributed by atoms with van der Waals surface area (Å²) in [7, 11) is 0. The Balaban J connectivity index is 2.23. The first kappa shape index (κ1) is 12.0. The monoisotopic (exact) mass is 201 g/mol. The maximum absolute atomic E-state index is 6.08. The van der Waals surface area contributed by atoms with Crippen LogP contribution in [-0.2, 0) is 9.47 Å². The number of hydrogen-bond donors (Lipinski definition) is 1. The molecule has 0 radical (unpaired) electrons. The first-order valence-electron chi connectivity index (χ1n) is 5.46. The van der Waals surface area contributed by atoms with Crippen LogP contribution < -0.4 is 5.73 Å². The minimum atomic E-state index is -0.0806. The molecule has 0 amide bonds. The van der Waals surface area contributed by atoms with E-state index in [9.17, 15) is 0 Å². The quantitative estimate of drug-likeness (QED) is 0.753. The minimum Gasteiger partial charge on any atom is -0.381 e. The Morgan fingerprint density at radius 3 is 2.43 bits per heavy atom. The first-order chi connectivity index (χ1) is 6.49. The molecule has 0 aliphatic carbocycles. The van der Waals surface area contributed by atoms with Crippen LogP contribution >= 0.6 is 0 Å². The highest BCUT2D eigenvalue weighted by Crippen LogP contribution is 2.19. The van der Waals surface area contributed by atoms with E-state index in [1.807, 2.05) is 0 Å². The van der Waals surface area contributed by atoms with Gasteiger partial charge in [0.15, 0.2) is 0 Å². The van der Waals surface area contributed by atoms with Gasteiger partial charge in [0.25, 0.3) is 0 Å². The second kappa shape index (κ2) is 5.10. The fourth-order valence-corrected chi connectivity index (χ4v) is 1.63. The van der Waals surface area contributed by atoms with Crippen molar-refractivity contribution in [2.24, 2.45) is 11.7 Å². The van der Waals surface area contributed by atoms with Gasteiger partial charge in [-0.15, -0.1) is 0 Å². The summed E-state index contributed by atoms with van der Waals surface area (Å²) < 4.78 is 11.0. The standard InChI is InChI=1S/C11H23NO2/c1-11(2,3)14-8-10(12)9-4-6-13-7-5-9/h9-10H,4-8,12H2,1-3H3. The normalized spacial score (nSPS) is 22.3. The lowest BCUT2D eigenvalue weighted by Crippen LogP contribution is -2.40.